The molecule has 3 heterocycles. The topological polar surface area (TPSA) is 78.5 Å². The van der Waals surface area contributed by atoms with Gasteiger partial charge < -0.3 is 19.5 Å². The summed E-state index contributed by atoms with van der Waals surface area (Å²) >= 11 is 0. The molecule has 0 bridgehead atoms. The van der Waals surface area contributed by atoms with Crippen LogP contribution in [0.2, 0.25) is 0 Å². The average molecular weight is 403 g/mol. The minimum atomic E-state index is -0.351. The summed E-state index contributed by atoms with van der Waals surface area (Å²) in [5.41, 5.74) is -0.215. The number of H-pyrrole nitrogens is 1. The van der Waals surface area contributed by atoms with Crippen LogP contribution in [0, 0.1) is 12.8 Å². The van der Waals surface area contributed by atoms with Crippen molar-refractivity contribution in [1.29, 1.82) is 0 Å². The van der Waals surface area contributed by atoms with E-state index in [0.29, 0.717) is 24.8 Å². The Labute approximate surface area is 172 Å². The molecule has 0 aromatic carbocycles. The molecule has 2 saturated heterocycles. The molecule has 2 aliphatic heterocycles. The van der Waals surface area contributed by atoms with E-state index in [9.17, 15) is 9.59 Å². The number of rotatable bonds is 6. The third kappa shape index (κ3) is 5.07. The van der Waals surface area contributed by atoms with Crippen LogP contribution < -0.4 is 5.56 Å². The Kier molecular flexibility index (Phi) is 6.65. The third-order valence-corrected chi connectivity index (χ3v) is 6.86. The van der Waals surface area contributed by atoms with Crippen molar-refractivity contribution >= 4 is 5.91 Å². The lowest BCUT2D eigenvalue weighted by Gasteiger charge is -2.38. The van der Waals surface area contributed by atoms with Crippen LogP contribution in [0.4, 0.5) is 0 Å². The maximum absolute atomic E-state index is 13.2. The molecule has 29 heavy (non-hydrogen) atoms. The lowest BCUT2D eigenvalue weighted by atomic mass is 9.94. The molecule has 1 N–H and O–H groups in total. The van der Waals surface area contributed by atoms with Crippen LogP contribution in [0.25, 0.3) is 0 Å². The molecule has 0 radical (unpaired) electrons. The molecular formula is C22H34N4O3. The van der Waals surface area contributed by atoms with Gasteiger partial charge in [-0.05, 0) is 64.5 Å². The Morgan fingerprint density at radius 3 is 2.59 bits per heavy atom. The number of nitrogens with one attached hydrogen (secondary N) is 1. The number of carbonyl (C=O) groups is 1. The first-order valence-electron chi connectivity index (χ1n) is 11.3. The molecular weight excluding hydrogens is 368 g/mol. The van der Waals surface area contributed by atoms with Gasteiger partial charge in [-0.15, -0.1) is 0 Å². The van der Waals surface area contributed by atoms with E-state index in [-0.39, 0.29) is 23.1 Å². The molecule has 1 aromatic heterocycles. The normalized spacial score (nSPS) is 24.2. The Morgan fingerprint density at radius 1 is 1.17 bits per heavy atom. The summed E-state index contributed by atoms with van der Waals surface area (Å²) in [7, 11) is 0. The van der Waals surface area contributed by atoms with Crippen LogP contribution in [-0.2, 0) is 4.74 Å². The van der Waals surface area contributed by atoms with Gasteiger partial charge in [0, 0.05) is 31.9 Å². The molecule has 7 heteroatoms. The van der Waals surface area contributed by atoms with E-state index in [4.69, 9.17) is 4.74 Å². The second-order valence-electron chi connectivity index (χ2n) is 8.97. The number of amides is 1. The molecule has 1 aromatic rings. The molecule has 0 unspecified atom stereocenters. The van der Waals surface area contributed by atoms with E-state index >= 15 is 0 Å². The van der Waals surface area contributed by atoms with E-state index in [1.165, 1.54) is 31.9 Å². The van der Waals surface area contributed by atoms with Crippen LogP contribution in [0.1, 0.15) is 67.5 Å². The number of nitrogens with zero attached hydrogens (tertiary/aromatic N) is 3. The van der Waals surface area contributed by atoms with E-state index in [0.717, 1.165) is 51.4 Å². The molecule has 3 aliphatic rings. The largest absolute Gasteiger partial charge is 0.376 e. The fourth-order valence-electron chi connectivity index (χ4n) is 5.16. The lowest BCUT2D eigenvalue weighted by Crippen LogP contribution is -2.46. The first-order chi connectivity index (χ1) is 14.1. The maximum Gasteiger partial charge on any atom is 0.263 e. The van der Waals surface area contributed by atoms with Gasteiger partial charge in [0.1, 0.15) is 11.4 Å². The molecule has 160 valence electrons. The first kappa shape index (κ1) is 20.5. The van der Waals surface area contributed by atoms with Crippen molar-refractivity contribution in [3.63, 3.8) is 0 Å². The number of likely N-dealkylation sites (tertiary alicyclic amines) is 1. The van der Waals surface area contributed by atoms with Gasteiger partial charge in [0.15, 0.2) is 0 Å². The zero-order valence-electron chi connectivity index (χ0n) is 17.6. The molecule has 4 rings (SSSR count). The van der Waals surface area contributed by atoms with Crippen molar-refractivity contribution in [2.45, 2.75) is 70.4 Å². The van der Waals surface area contributed by atoms with E-state index in [1.54, 1.807) is 6.92 Å². The van der Waals surface area contributed by atoms with Gasteiger partial charge in [0.05, 0.1) is 6.10 Å². The summed E-state index contributed by atoms with van der Waals surface area (Å²) in [4.78, 5) is 36.8. The van der Waals surface area contributed by atoms with Gasteiger partial charge in [-0.25, -0.2) is 4.98 Å². The number of aromatic amines is 1. The lowest BCUT2D eigenvalue weighted by molar-refractivity contribution is 0.0427. The Bertz CT molecular complexity index is 745. The quantitative estimate of drug-likeness (QED) is 0.790. The summed E-state index contributed by atoms with van der Waals surface area (Å²) < 4.78 is 5.79. The summed E-state index contributed by atoms with van der Waals surface area (Å²) in [5.74, 6) is 0.791. The molecule has 1 aliphatic carbocycles. The van der Waals surface area contributed by atoms with Crippen molar-refractivity contribution in [3.8, 4) is 0 Å². The fraction of sp³-hybridized carbons (Fsp3) is 0.773. The minimum Gasteiger partial charge on any atom is -0.376 e. The number of hydrogen-bond donors (Lipinski definition) is 1. The van der Waals surface area contributed by atoms with Gasteiger partial charge >= 0.3 is 0 Å². The van der Waals surface area contributed by atoms with Crippen molar-refractivity contribution in [1.82, 2.24) is 19.8 Å². The minimum absolute atomic E-state index is 0.0787. The van der Waals surface area contributed by atoms with Crippen LogP contribution in [0.5, 0.6) is 0 Å². The summed E-state index contributed by atoms with van der Waals surface area (Å²) in [6, 6.07) is 0.776. The number of carbonyl (C=O) groups excluding carboxylic acids is 1. The standard InChI is InChI=1S/C22H34N4O3/c1-16-23-13-20(21(27)24-16)22(28)26(15-19-7-4-12-29-19)14-17-8-10-25(11-9-17)18-5-2-3-6-18/h13,17-19H,2-12,14-15H2,1H3,(H,23,24,27)/t19-/m1/s1. The number of hydrogen-bond acceptors (Lipinski definition) is 5. The Hall–Kier alpha value is -1.73. The Balaban J connectivity index is 1.41. The highest BCUT2D eigenvalue weighted by Gasteiger charge is 2.31. The molecule has 7 nitrogen and oxygen atoms in total. The van der Waals surface area contributed by atoms with Crippen LogP contribution in [0.15, 0.2) is 11.0 Å². The monoisotopic (exact) mass is 402 g/mol. The summed E-state index contributed by atoms with van der Waals surface area (Å²) in [5, 5.41) is 0. The number of aromatic nitrogens is 2. The first-order valence-corrected chi connectivity index (χ1v) is 11.3. The second-order valence-corrected chi connectivity index (χ2v) is 8.97. The fourth-order valence-corrected chi connectivity index (χ4v) is 5.16. The average Bonchev–Trinajstić information content (AvgIpc) is 3.42. The number of aryl methyl sites for hydroxylation is 1. The Morgan fingerprint density at radius 2 is 1.93 bits per heavy atom. The summed E-state index contributed by atoms with van der Waals surface area (Å²) in [6.45, 7) is 6.00. The smallest absolute Gasteiger partial charge is 0.263 e. The highest BCUT2D eigenvalue weighted by Crippen LogP contribution is 2.28. The van der Waals surface area contributed by atoms with Crippen LogP contribution in [-0.4, -0.2) is 70.6 Å². The van der Waals surface area contributed by atoms with Crippen LogP contribution >= 0.6 is 0 Å². The van der Waals surface area contributed by atoms with Gasteiger partial charge in [0.2, 0.25) is 0 Å². The van der Waals surface area contributed by atoms with Crippen molar-refractivity contribution in [3.05, 3.63) is 27.9 Å². The van der Waals surface area contributed by atoms with Crippen LogP contribution in [0.3, 0.4) is 0 Å². The SMILES string of the molecule is Cc1ncc(C(=O)N(CC2CCN(C3CCCC3)CC2)C[C@H]2CCCO2)c(=O)[nH]1. The third-order valence-electron chi connectivity index (χ3n) is 6.86. The van der Waals surface area contributed by atoms with Crippen molar-refractivity contribution in [2.75, 3.05) is 32.8 Å². The van der Waals surface area contributed by atoms with E-state index in [2.05, 4.69) is 14.9 Å². The molecule has 3 fully saturated rings. The number of piperidine rings is 1. The van der Waals surface area contributed by atoms with Gasteiger partial charge in [-0.2, -0.15) is 0 Å². The van der Waals surface area contributed by atoms with E-state index in [1.807, 2.05) is 4.90 Å². The predicted octanol–water partition coefficient (Wildman–Crippen LogP) is 2.35. The van der Waals surface area contributed by atoms with Crippen molar-refractivity contribution < 1.29 is 9.53 Å². The van der Waals surface area contributed by atoms with Gasteiger partial charge in [0.25, 0.3) is 11.5 Å². The number of ether oxygens (including phenoxy) is 1. The van der Waals surface area contributed by atoms with Gasteiger partial charge in [-0.1, -0.05) is 12.8 Å². The molecule has 1 atom stereocenters. The van der Waals surface area contributed by atoms with Crippen molar-refractivity contribution in [2.24, 2.45) is 5.92 Å². The zero-order valence-corrected chi connectivity index (χ0v) is 17.6. The summed E-state index contributed by atoms with van der Waals surface area (Å²) in [6.07, 6.45) is 11.2. The predicted molar refractivity (Wildman–Crippen MR) is 111 cm³/mol. The molecule has 1 amide bonds. The highest BCUT2D eigenvalue weighted by atomic mass is 16.5. The second kappa shape index (κ2) is 9.39. The highest BCUT2D eigenvalue weighted by molar-refractivity contribution is 5.93. The van der Waals surface area contributed by atoms with Gasteiger partial charge in [-0.3, -0.25) is 9.59 Å². The maximum atomic E-state index is 13.2. The molecule has 0 spiro atoms. The molecule has 1 saturated carbocycles. The van der Waals surface area contributed by atoms with E-state index < -0.39 is 0 Å². The zero-order chi connectivity index (χ0) is 20.2.